The van der Waals surface area contributed by atoms with Gasteiger partial charge in [-0.15, -0.1) is 0 Å². The van der Waals surface area contributed by atoms with Gasteiger partial charge in [0.05, 0.1) is 11.5 Å². The quantitative estimate of drug-likeness (QED) is 0.925. The van der Waals surface area contributed by atoms with Crippen LogP contribution >= 0.6 is 11.8 Å². The van der Waals surface area contributed by atoms with Gasteiger partial charge < -0.3 is 5.11 Å². The molecule has 0 bridgehead atoms. The highest BCUT2D eigenvalue weighted by Crippen LogP contribution is 2.32. The molecule has 0 saturated carbocycles. The molecule has 0 atom stereocenters. The minimum atomic E-state index is -3.48. The van der Waals surface area contributed by atoms with Gasteiger partial charge in [-0.1, -0.05) is 19.9 Å². The first-order valence-corrected chi connectivity index (χ1v) is 9.53. The third-order valence-corrected chi connectivity index (χ3v) is 7.19. The van der Waals surface area contributed by atoms with Crippen LogP contribution in [-0.2, 0) is 16.6 Å². The molecule has 0 unspecified atom stereocenters. The molecule has 0 aliphatic carbocycles. The maximum atomic E-state index is 12.8. The number of sulfonamides is 1. The molecule has 1 heterocycles. The Kier molecular flexibility index (Phi) is 5.03. The van der Waals surface area contributed by atoms with E-state index in [2.05, 4.69) is 13.8 Å². The molecule has 2 rings (SSSR count). The van der Waals surface area contributed by atoms with Gasteiger partial charge in [0.15, 0.2) is 0 Å². The molecule has 1 saturated heterocycles. The Labute approximate surface area is 131 Å². The van der Waals surface area contributed by atoms with E-state index >= 15 is 0 Å². The molecule has 1 N–H and O–H groups in total. The topological polar surface area (TPSA) is 57.6 Å². The van der Waals surface area contributed by atoms with Gasteiger partial charge in [0, 0.05) is 23.6 Å². The lowest BCUT2D eigenvalue weighted by Gasteiger charge is -2.22. The lowest BCUT2D eigenvalue weighted by Crippen LogP contribution is -2.33. The summed E-state index contributed by atoms with van der Waals surface area (Å²) in [7, 11) is -3.48. The molecular weight excluding hydrogens is 306 g/mol. The highest BCUT2D eigenvalue weighted by Gasteiger charge is 2.30. The number of benzene rings is 1. The molecule has 0 spiro atoms. The van der Waals surface area contributed by atoms with Gasteiger partial charge in [0.2, 0.25) is 10.0 Å². The number of hydrogen-bond donors (Lipinski definition) is 1. The first kappa shape index (κ1) is 16.8. The second-order valence-electron chi connectivity index (χ2n) is 6.01. The zero-order valence-electron chi connectivity index (χ0n) is 12.8. The average Bonchev–Trinajstić information content (AvgIpc) is 2.60. The average molecular weight is 329 g/mol. The van der Waals surface area contributed by atoms with Crippen LogP contribution in [0, 0.1) is 6.92 Å². The van der Waals surface area contributed by atoms with Gasteiger partial charge >= 0.3 is 0 Å². The third-order valence-electron chi connectivity index (χ3n) is 3.93. The molecule has 21 heavy (non-hydrogen) atoms. The maximum Gasteiger partial charge on any atom is 0.243 e. The summed E-state index contributed by atoms with van der Waals surface area (Å²) in [6, 6.07) is 4.98. The Morgan fingerprint density at radius 2 is 2.05 bits per heavy atom. The van der Waals surface area contributed by atoms with E-state index in [1.54, 1.807) is 22.5 Å². The standard InChI is InChI=1S/C15H23NO3S2/c1-12-4-5-14(10-13(12)11-17)21(18,19)16-7-6-15(2,3)20-9-8-16/h4-5,10,17H,6-9,11H2,1-3H3. The second kappa shape index (κ2) is 6.28. The molecule has 1 aromatic carbocycles. The van der Waals surface area contributed by atoms with Gasteiger partial charge in [-0.2, -0.15) is 16.1 Å². The Balaban J connectivity index is 2.29. The summed E-state index contributed by atoms with van der Waals surface area (Å²) in [5.41, 5.74) is 1.57. The van der Waals surface area contributed by atoms with E-state index in [1.165, 1.54) is 0 Å². The minimum Gasteiger partial charge on any atom is -0.392 e. The van der Waals surface area contributed by atoms with Crippen molar-refractivity contribution in [2.45, 2.75) is 43.4 Å². The fourth-order valence-electron chi connectivity index (χ4n) is 2.37. The lowest BCUT2D eigenvalue weighted by molar-refractivity contribution is 0.280. The first-order valence-electron chi connectivity index (χ1n) is 7.11. The highest BCUT2D eigenvalue weighted by molar-refractivity contribution is 8.00. The molecule has 6 heteroatoms. The van der Waals surface area contributed by atoms with Crippen molar-refractivity contribution in [3.63, 3.8) is 0 Å². The van der Waals surface area contributed by atoms with E-state index < -0.39 is 10.0 Å². The summed E-state index contributed by atoms with van der Waals surface area (Å²) in [5.74, 6) is 0.810. The van der Waals surface area contributed by atoms with Gasteiger partial charge in [-0.25, -0.2) is 8.42 Å². The maximum absolute atomic E-state index is 12.8. The van der Waals surface area contributed by atoms with E-state index in [0.717, 1.165) is 17.7 Å². The highest BCUT2D eigenvalue weighted by atomic mass is 32.2. The number of aryl methyl sites for hydroxylation is 1. The van der Waals surface area contributed by atoms with Crippen molar-refractivity contribution in [3.8, 4) is 0 Å². The third kappa shape index (κ3) is 3.80. The van der Waals surface area contributed by atoms with Crippen LogP contribution in [0.25, 0.3) is 0 Å². The number of aliphatic hydroxyl groups excluding tert-OH is 1. The molecule has 0 radical (unpaired) electrons. The molecule has 1 aliphatic rings. The first-order chi connectivity index (χ1) is 9.76. The van der Waals surface area contributed by atoms with Crippen molar-refractivity contribution in [2.24, 2.45) is 0 Å². The zero-order chi connectivity index (χ0) is 15.7. The van der Waals surface area contributed by atoms with Crippen molar-refractivity contribution in [1.29, 1.82) is 0 Å². The second-order valence-corrected chi connectivity index (χ2v) is 9.75. The van der Waals surface area contributed by atoms with Crippen LogP contribution in [-0.4, -0.2) is 41.4 Å². The van der Waals surface area contributed by atoms with Crippen molar-refractivity contribution >= 4 is 21.8 Å². The van der Waals surface area contributed by atoms with E-state index in [1.807, 2.05) is 18.7 Å². The molecular formula is C15H23NO3S2. The normalized spacial score (nSPS) is 20.2. The molecule has 0 aromatic heterocycles. The summed E-state index contributed by atoms with van der Waals surface area (Å²) in [6.07, 6.45) is 0.843. The molecule has 0 amide bonds. The van der Waals surface area contributed by atoms with Crippen molar-refractivity contribution in [2.75, 3.05) is 18.8 Å². The predicted molar refractivity (Wildman–Crippen MR) is 87.0 cm³/mol. The summed E-state index contributed by atoms with van der Waals surface area (Å²) in [6.45, 7) is 7.13. The van der Waals surface area contributed by atoms with E-state index in [-0.39, 0.29) is 16.2 Å². The molecule has 1 fully saturated rings. The Morgan fingerprint density at radius 3 is 2.71 bits per heavy atom. The Hall–Kier alpha value is -0.560. The Morgan fingerprint density at radius 1 is 1.33 bits per heavy atom. The largest absolute Gasteiger partial charge is 0.392 e. The number of hydrogen-bond acceptors (Lipinski definition) is 4. The van der Waals surface area contributed by atoms with Crippen LogP contribution < -0.4 is 0 Å². The lowest BCUT2D eigenvalue weighted by atomic mass is 10.1. The van der Waals surface area contributed by atoms with Crippen molar-refractivity contribution in [3.05, 3.63) is 29.3 Å². The van der Waals surface area contributed by atoms with Crippen LogP contribution in [0.15, 0.2) is 23.1 Å². The van der Waals surface area contributed by atoms with E-state index in [0.29, 0.717) is 18.7 Å². The zero-order valence-corrected chi connectivity index (χ0v) is 14.4. The summed E-state index contributed by atoms with van der Waals surface area (Å²) in [5, 5.41) is 9.32. The minimum absolute atomic E-state index is 0.119. The Bertz CT molecular complexity index is 611. The summed E-state index contributed by atoms with van der Waals surface area (Å²) >= 11 is 1.82. The van der Waals surface area contributed by atoms with Crippen LogP contribution in [0.1, 0.15) is 31.4 Å². The van der Waals surface area contributed by atoms with Gasteiger partial charge in [0.1, 0.15) is 0 Å². The molecule has 1 aromatic rings. The predicted octanol–water partition coefficient (Wildman–Crippen LogP) is 2.39. The summed E-state index contributed by atoms with van der Waals surface area (Å²) in [4.78, 5) is 0.279. The van der Waals surface area contributed by atoms with E-state index in [4.69, 9.17) is 0 Å². The van der Waals surface area contributed by atoms with Crippen LogP contribution in [0.4, 0.5) is 0 Å². The van der Waals surface area contributed by atoms with Gasteiger partial charge in [-0.3, -0.25) is 0 Å². The smallest absolute Gasteiger partial charge is 0.243 e. The SMILES string of the molecule is Cc1ccc(S(=O)(=O)N2CCSC(C)(C)CC2)cc1CO. The molecule has 118 valence electrons. The fourth-order valence-corrected chi connectivity index (χ4v) is 5.08. The van der Waals surface area contributed by atoms with Crippen molar-refractivity contribution < 1.29 is 13.5 Å². The number of aliphatic hydroxyl groups is 1. The van der Waals surface area contributed by atoms with Crippen molar-refractivity contribution in [1.82, 2.24) is 4.31 Å². The van der Waals surface area contributed by atoms with Crippen LogP contribution in [0.2, 0.25) is 0 Å². The molecule has 1 aliphatic heterocycles. The van der Waals surface area contributed by atoms with Gasteiger partial charge in [-0.05, 0) is 36.6 Å². The van der Waals surface area contributed by atoms with Crippen LogP contribution in [0.5, 0.6) is 0 Å². The van der Waals surface area contributed by atoms with E-state index in [9.17, 15) is 13.5 Å². The fraction of sp³-hybridized carbons (Fsp3) is 0.600. The van der Waals surface area contributed by atoms with Crippen LogP contribution in [0.3, 0.4) is 0 Å². The number of rotatable bonds is 3. The summed E-state index contributed by atoms with van der Waals surface area (Å²) < 4.78 is 27.2. The monoisotopic (exact) mass is 329 g/mol. The number of thioether (sulfide) groups is 1. The molecule has 4 nitrogen and oxygen atoms in total. The number of nitrogens with zero attached hydrogens (tertiary/aromatic N) is 1. The van der Waals surface area contributed by atoms with Gasteiger partial charge in [0.25, 0.3) is 0 Å².